The lowest BCUT2D eigenvalue weighted by Crippen LogP contribution is -2.41. The standard InChI is InChI=1S/C18H22FN3O3S/c1-26(23,24)13-18(8-10-25-11-9-18)12-20-17-7-6-16(21-22-17)14-2-4-15(19)5-3-14/h2-7H,8-13H2,1H3,(H,20,22). The van der Waals surface area contributed by atoms with Gasteiger partial charge in [-0.2, -0.15) is 0 Å². The van der Waals surface area contributed by atoms with Crippen LogP contribution >= 0.6 is 0 Å². The molecule has 1 aliphatic heterocycles. The number of nitrogens with one attached hydrogen (secondary N) is 1. The van der Waals surface area contributed by atoms with E-state index < -0.39 is 9.84 Å². The number of nitrogens with zero attached hydrogens (tertiary/aromatic N) is 2. The lowest BCUT2D eigenvalue weighted by atomic mass is 9.82. The Morgan fingerprint density at radius 1 is 1.12 bits per heavy atom. The second-order valence-electron chi connectivity index (χ2n) is 6.85. The SMILES string of the molecule is CS(=O)(=O)CC1(CNc2ccc(-c3ccc(F)cc3)nn2)CCOCC1. The molecule has 26 heavy (non-hydrogen) atoms. The van der Waals surface area contributed by atoms with Crippen molar-refractivity contribution < 1.29 is 17.5 Å². The number of halogens is 1. The zero-order valence-corrected chi connectivity index (χ0v) is 15.4. The van der Waals surface area contributed by atoms with Gasteiger partial charge in [-0.25, -0.2) is 12.8 Å². The maximum Gasteiger partial charge on any atom is 0.148 e. The summed E-state index contributed by atoms with van der Waals surface area (Å²) in [5.74, 6) is 0.403. The molecule has 0 aliphatic carbocycles. The third-order valence-corrected chi connectivity index (χ3v) is 5.71. The van der Waals surface area contributed by atoms with Gasteiger partial charge in [-0.05, 0) is 49.2 Å². The van der Waals surface area contributed by atoms with Crippen LogP contribution in [0.3, 0.4) is 0 Å². The van der Waals surface area contributed by atoms with E-state index >= 15 is 0 Å². The summed E-state index contributed by atoms with van der Waals surface area (Å²) in [6.45, 7) is 1.62. The van der Waals surface area contributed by atoms with Crippen molar-refractivity contribution in [3.05, 3.63) is 42.2 Å². The lowest BCUT2D eigenvalue weighted by molar-refractivity contribution is 0.0315. The summed E-state index contributed by atoms with van der Waals surface area (Å²) in [5, 5.41) is 11.5. The summed E-state index contributed by atoms with van der Waals surface area (Å²) < 4.78 is 42.0. The molecule has 6 nitrogen and oxygen atoms in total. The summed E-state index contributed by atoms with van der Waals surface area (Å²) in [6, 6.07) is 9.65. The van der Waals surface area contributed by atoms with E-state index in [0.717, 1.165) is 5.56 Å². The molecule has 0 saturated carbocycles. The minimum absolute atomic E-state index is 0.122. The molecule has 1 aliphatic rings. The Bertz CT molecular complexity index is 833. The van der Waals surface area contributed by atoms with Crippen LogP contribution in [0, 0.1) is 11.2 Å². The minimum atomic E-state index is -3.10. The molecular formula is C18H22FN3O3S. The average Bonchev–Trinajstić information content (AvgIpc) is 2.61. The van der Waals surface area contributed by atoms with Gasteiger partial charge < -0.3 is 10.1 Å². The molecule has 0 spiro atoms. The second-order valence-corrected chi connectivity index (χ2v) is 8.99. The first-order chi connectivity index (χ1) is 12.4. The molecule has 2 heterocycles. The summed E-state index contributed by atoms with van der Waals surface area (Å²) in [7, 11) is -3.10. The fourth-order valence-electron chi connectivity index (χ4n) is 3.21. The van der Waals surface area contributed by atoms with E-state index in [9.17, 15) is 12.8 Å². The fourth-order valence-corrected chi connectivity index (χ4v) is 4.72. The van der Waals surface area contributed by atoms with Crippen molar-refractivity contribution in [2.75, 3.05) is 37.1 Å². The van der Waals surface area contributed by atoms with Crippen molar-refractivity contribution in [1.29, 1.82) is 0 Å². The molecule has 1 fully saturated rings. The molecule has 1 saturated heterocycles. The van der Waals surface area contributed by atoms with E-state index in [4.69, 9.17) is 4.74 Å². The molecule has 1 aromatic carbocycles. The van der Waals surface area contributed by atoms with Crippen LogP contribution in [0.25, 0.3) is 11.3 Å². The summed E-state index contributed by atoms with van der Waals surface area (Å²) in [6.07, 6.45) is 2.64. The highest BCUT2D eigenvalue weighted by Crippen LogP contribution is 2.32. The lowest BCUT2D eigenvalue weighted by Gasteiger charge is -2.36. The highest BCUT2D eigenvalue weighted by Gasteiger charge is 2.35. The largest absolute Gasteiger partial charge is 0.381 e. The monoisotopic (exact) mass is 379 g/mol. The number of rotatable bonds is 6. The van der Waals surface area contributed by atoms with Crippen LogP contribution in [0.4, 0.5) is 10.2 Å². The zero-order chi connectivity index (χ0) is 18.6. The number of aromatic nitrogens is 2. The number of sulfone groups is 1. The molecule has 8 heteroatoms. The second kappa shape index (κ2) is 7.67. The van der Waals surface area contributed by atoms with Gasteiger partial charge in [-0.1, -0.05) is 0 Å². The Morgan fingerprint density at radius 3 is 2.38 bits per heavy atom. The Morgan fingerprint density at radius 2 is 1.81 bits per heavy atom. The molecule has 0 bridgehead atoms. The summed E-state index contributed by atoms with van der Waals surface area (Å²) >= 11 is 0. The van der Waals surface area contributed by atoms with E-state index in [1.807, 2.05) is 0 Å². The van der Waals surface area contributed by atoms with Gasteiger partial charge in [0.2, 0.25) is 0 Å². The number of hydrogen-bond donors (Lipinski definition) is 1. The van der Waals surface area contributed by atoms with Crippen LogP contribution in [0.1, 0.15) is 12.8 Å². The minimum Gasteiger partial charge on any atom is -0.381 e. The van der Waals surface area contributed by atoms with Crippen LogP contribution in [0.15, 0.2) is 36.4 Å². The Hall–Kier alpha value is -2.06. The van der Waals surface area contributed by atoms with E-state index in [1.54, 1.807) is 24.3 Å². The molecule has 0 atom stereocenters. The van der Waals surface area contributed by atoms with E-state index in [1.165, 1.54) is 18.4 Å². The van der Waals surface area contributed by atoms with E-state index in [2.05, 4.69) is 15.5 Å². The Labute approximate surface area is 152 Å². The highest BCUT2D eigenvalue weighted by atomic mass is 32.2. The molecule has 140 valence electrons. The first-order valence-electron chi connectivity index (χ1n) is 8.44. The molecular weight excluding hydrogens is 357 g/mol. The third-order valence-electron chi connectivity index (χ3n) is 4.57. The van der Waals surface area contributed by atoms with Gasteiger partial charge >= 0.3 is 0 Å². The molecule has 1 aromatic heterocycles. The van der Waals surface area contributed by atoms with E-state index in [0.29, 0.717) is 44.1 Å². The topological polar surface area (TPSA) is 81.2 Å². The van der Waals surface area contributed by atoms with Crippen molar-refractivity contribution >= 4 is 15.7 Å². The third kappa shape index (κ3) is 4.98. The van der Waals surface area contributed by atoms with Gasteiger partial charge in [0.05, 0.1) is 11.4 Å². The zero-order valence-electron chi connectivity index (χ0n) is 14.6. The molecule has 0 amide bonds. The predicted octanol–water partition coefficient (Wildman–Crippen LogP) is 2.54. The van der Waals surface area contributed by atoms with Crippen molar-refractivity contribution in [2.45, 2.75) is 12.8 Å². The number of hydrogen-bond acceptors (Lipinski definition) is 6. The summed E-state index contributed by atoms with van der Waals surface area (Å²) in [5.41, 5.74) is 1.07. The van der Waals surface area contributed by atoms with Crippen LogP contribution in [-0.4, -0.2) is 50.4 Å². The predicted molar refractivity (Wildman–Crippen MR) is 98.1 cm³/mol. The van der Waals surface area contributed by atoms with Crippen molar-refractivity contribution in [3.63, 3.8) is 0 Å². The Kier molecular flexibility index (Phi) is 5.52. The van der Waals surface area contributed by atoms with E-state index in [-0.39, 0.29) is 17.0 Å². The maximum atomic E-state index is 13.0. The maximum absolute atomic E-state index is 13.0. The van der Waals surface area contributed by atoms with Gasteiger partial charge in [0.15, 0.2) is 0 Å². The van der Waals surface area contributed by atoms with Crippen LogP contribution in [0.5, 0.6) is 0 Å². The first kappa shape index (κ1) is 18.7. The van der Waals surface area contributed by atoms with Gasteiger partial charge in [-0.3, -0.25) is 0 Å². The van der Waals surface area contributed by atoms with Gasteiger partial charge in [0.25, 0.3) is 0 Å². The van der Waals surface area contributed by atoms with Gasteiger partial charge in [0.1, 0.15) is 21.5 Å². The molecule has 3 rings (SSSR count). The van der Waals surface area contributed by atoms with Crippen molar-refractivity contribution in [1.82, 2.24) is 10.2 Å². The Balaban J connectivity index is 1.68. The summed E-state index contributed by atoms with van der Waals surface area (Å²) in [4.78, 5) is 0. The van der Waals surface area contributed by atoms with Crippen LogP contribution < -0.4 is 5.32 Å². The molecule has 0 unspecified atom stereocenters. The van der Waals surface area contributed by atoms with Gasteiger partial charge in [0, 0.05) is 37.0 Å². The number of anilines is 1. The normalized spacial score (nSPS) is 17.0. The number of ether oxygens (including phenoxy) is 1. The van der Waals surface area contributed by atoms with Crippen molar-refractivity contribution in [2.24, 2.45) is 5.41 Å². The smallest absolute Gasteiger partial charge is 0.148 e. The average molecular weight is 379 g/mol. The molecule has 1 N–H and O–H groups in total. The quantitative estimate of drug-likeness (QED) is 0.831. The highest BCUT2D eigenvalue weighted by molar-refractivity contribution is 7.90. The van der Waals surface area contributed by atoms with Crippen LogP contribution in [-0.2, 0) is 14.6 Å². The first-order valence-corrected chi connectivity index (χ1v) is 10.5. The molecule has 0 radical (unpaired) electrons. The van der Waals surface area contributed by atoms with Crippen molar-refractivity contribution in [3.8, 4) is 11.3 Å². The fraction of sp³-hybridized carbons (Fsp3) is 0.444. The number of benzene rings is 1. The van der Waals surface area contributed by atoms with Crippen LogP contribution in [0.2, 0.25) is 0 Å². The molecule has 2 aromatic rings. The van der Waals surface area contributed by atoms with Gasteiger partial charge in [-0.15, -0.1) is 10.2 Å².